The second-order valence-corrected chi connectivity index (χ2v) is 6.30. The van der Waals surface area contributed by atoms with Crippen molar-refractivity contribution in [2.75, 3.05) is 6.61 Å². The quantitative estimate of drug-likeness (QED) is 0.393. The zero-order chi connectivity index (χ0) is 17.9. The Morgan fingerprint density at radius 2 is 1.81 bits per heavy atom. The molecule has 0 saturated heterocycles. The average Bonchev–Trinajstić information content (AvgIpc) is 3.06. The number of ether oxygens (including phenoxy) is 1. The number of H-pyrrole nitrogens is 1. The number of benzene rings is 2. The van der Waals surface area contributed by atoms with E-state index in [9.17, 15) is 4.79 Å². The fourth-order valence-corrected chi connectivity index (χ4v) is 3.26. The van der Waals surface area contributed by atoms with Crippen LogP contribution >= 0.6 is 0 Å². The lowest BCUT2D eigenvalue weighted by molar-refractivity contribution is 0.0494. The number of nitrogens with zero attached hydrogens (tertiary/aromatic N) is 1. The van der Waals surface area contributed by atoms with Gasteiger partial charge in [-0.15, -0.1) is 0 Å². The van der Waals surface area contributed by atoms with Gasteiger partial charge in [-0.2, -0.15) is 0 Å². The van der Waals surface area contributed by atoms with Crippen molar-refractivity contribution in [1.29, 1.82) is 0 Å². The molecular weight excluding hydrogens is 324 g/mol. The van der Waals surface area contributed by atoms with Gasteiger partial charge in [-0.05, 0) is 18.1 Å². The number of fused-ring (bicyclic) bond motifs is 3. The van der Waals surface area contributed by atoms with Crippen LogP contribution in [0.25, 0.3) is 32.9 Å². The van der Waals surface area contributed by atoms with Gasteiger partial charge >= 0.3 is 5.97 Å². The summed E-state index contributed by atoms with van der Waals surface area (Å²) in [4.78, 5) is 20.6. The van der Waals surface area contributed by atoms with Gasteiger partial charge in [0.05, 0.1) is 18.3 Å². The van der Waals surface area contributed by atoms with Crippen molar-refractivity contribution in [3.8, 4) is 11.1 Å². The molecule has 0 aliphatic heterocycles. The summed E-state index contributed by atoms with van der Waals surface area (Å²) in [7, 11) is 0. The number of aromatic amines is 1. The Labute approximate surface area is 151 Å². The van der Waals surface area contributed by atoms with Crippen molar-refractivity contribution in [3.63, 3.8) is 0 Å². The summed E-state index contributed by atoms with van der Waals surface area (Å²) in [6.07, 6.45) is 3.55. The Balaban J connectivity index is 1.97. The van der Waals surface area contributed by atoms with Crippen LogP contribution in [-0.4, -0.2) is 22.5 Å². The maximum Gasteiger partial charge on any atom is 0.357 e. The minimum Gasteiger partial charge on any atom is -0.461 e. The van der Waals surface area contributed by atoms with Crippen LogP contribution < -0.4 is 0 Å². The topological polar surface area (TPSA) is 55.0 Å². The number of carbonyl (C=O) groups is 1. The number of hydrogen-bond acceptors (Lipinski definition) is 3. The first-order chi connectivity index (χ1) is 12.8. The third-order valence-electron chi connectivity index (χ3n) is 4.53. The average molecular weight is 344 g/mol. The van der Waals surface area contributed by atoms with Crippen LogP contribution in [-0.2, 0) is 4.74 Å². The molecule has 2 aromatic carbocycles. The Bertz CT molecular complexity index is 1070. The predicted molar refractivity (Wildman–Crippen MR) is 104 cm³/mol. The molecule has 0 amide bonds. The highest BCUT2D eigenvalue weighted by Gasteiger charge is 2.21. The minimum atomic E-state index is -0.371. The molecule has 0 saturated carbocycles. The number of carbonyl (C=O) groups excluding carboxylic acids is 1. The summed E-state index contributed by atoms with van der Waals surface area (Å²) in [5.41, 5.74) is 4.08. The molecule has 0 atom stereocenters. The number of rotatable bonds is 5. The molecule has 0 radical (unpaired) electrons. The van der Waals surface area contributed by atoms with Gasteiger partial charge in [0.2, 0.25) is 0 Å². The molecule has 4 rings (SSSR count). The van der Waals surface area contributed by atoms with Crippen LogP contribution in [0.3, 0.4) is 0 Å². The van der Waals surface area contributed by atoms with Crippen LogP contribution in [0.4, 0.5) is 0 Å². The van der Waals surface area contributed by atoms with Gasteiger partial charge in [0.15, 0.2) is 5.69 Å². The van der Waals surface area contributed by atoms with E-state index in [4.69, 9.17) is 4.74 Å². The summed E-state index contributed by atoms with van der Waals surface area (Å²) >= 11 is 0. The van der Waals surface area contributed by atoms with Crippen LogP contribution in [0.15, 0.2) is 60.8 Å². The number of aromatic nitrogens is 2. The van der Waals surface area contributed by atoms with Gasteiger partial charge in [0.1, 0.15) is 0 Å². The number of unbranched alkanes of at least 4 members (excludes halogenated alkanes) is 1. The molecule has 4 nitrogen and oxygen atoms in total. The lowest BCUT2D eigenvalue weighted by Gasteiger charge is -2.11. The van der Waals surface area contributed by atoms with E-state index in [0.717, 1.165) is 45.8 Å². The summed E-state index contributed by atoms with van der Waals surface area (Å²) in [5, 5.41) is 2.08. The monoisotopic (exact) mass is 344 g/mol. The molecule has 0 aliphatic carbocycles. The number of para-hydroxylation sites is 1. The van der Waals surface area contributed by atoms with Gasteiger partial charge < -0.3 is 9.72 Å². The summed E-state index contributed by atoms with van der Waals surface area (Å²) in [6.45, 7) is 2.48. The summed E-state index contributed by atoms with van der Waals surface area (Å²) < 4.78 is 5.46. The Hall–Kier alpha value is -3.14. The number of esters is 1. The van der Waals surface area contributed by atoms with E-state index in [0.29, 0.717) is 12.3 Å². The molecule has 0 bridgehead atoms. The first-order valence-electron chi connectivity index (χ1n) is 8.91. The number of pyridine rings is 1. The molecule has 26 heavy (non-hydrogen) atoms. The van der Waals surface area contributed by atoms with E-state index < -0.39 is 0 Å². The SMILES string of the molecule is CCCCOC(=O)c1ncc2[nH]c3ccccc3c2c1-c1ccccc1. The normalized spacial score (nSPS) is 11.1. The van der Waals surface area contributed by atoms with Gasteiger partial charge in [-0.25, -0.2) is 9.78 Å². The summed E-state index contributed by atoms with van der Waals surface area (Å²) in [5.74, 6) is -0.371. The van der Waals surface area contributed by atoms with E-state index in [1.165, 1.54) is 0 Å². The molecular formula is C22H20N2O2. The fraction of sp³-hybridized carbons (Fsp3) is 0.182. The zero-order valence-corrected chi connectivity index (χ0v) is 14.7. The Morgan fingerprint density at radius 3 is 2.62 bits per heavy atom. The highest BCUT2D eigenvalue weighted by Crippen LogP contribution is 2.36. The van der Waals surface area contributed by atoms with Crippen molar-refractivity contribution >= 4 is 27.8 Å². The van der Waals surface area contributed by atoms with Gasteiger partial charge in [-0.3, -0.25) is 0 Å². The van der Waals surface area contributed by atoms with E-state index in [1.54, 1.807) is 6.20 Å². The lowest BCUT2D eigenvalue weighted by atomic mass is 9.98. The predicted octanol–water partition coefficient (Wildman–Crippen LogP) is 5.34. The maximum atomic E-state index is 12.7. The standard InChI is InChI=1S/C22H20N2O2/c1-2-3-13-26-22(25)21-19(15-9-5-4-6-10-15)20-16-11-7-8-12-17(16)24-18(20)14-23-21/h4-12,14,24H,2-3,13H2,1H3. The second kappa shape index (κ2) is 7.00. The first-order valence-corrected chi connectivity index (χ1v) is 8.91. The molecule has 4 heteroatoms. The third-order valence-corrected chi connectivity index (χ3v) is 4.53. The number of hydrogen-bond donors (Lipinski definition) is 1. The van der Waals surface area contributed by atoms with E-state index >= 15 is 0 Å². The highest BCUT2D eigenvalue weighted by atomic mass is 16.5. The summed E-state index contributed by atoms with van der Waals surface area (Å²) in [6, 6.07) is 18.0. The van der Waals surface area contributed by atoms with Crippen LogP contribution in [0.2, 0.25) is 0 Å². The molecule has 0 spiro atoms. The van der Waals surface area contributed by atoms with Crippen molar-refractivity contribution in [2.24, 2.45) is 0 Å². The molecule has 0 fully saturated rings. The molecule has 130 valence electrons. The van der Waals surface area contributed by atoms with Crippen molar-refractivity contribution in [2.45, 2.75) is 19.8 Å². The fourth-order valence-electron chi connectivity index (χ4n) is 3.26. The zero-order valence-electron chi connectivity index (χ0n) is 14.7. The molecule has 4 aromatic rings. The van der Waals surface area contributed by atoms with Crippen molar-refractivity contribution in [3.05, 3.63) is 66.5 Å². The van der Waals surface area contributed by atoms with Crippen LogP contribution in [0, 0.1) is 0 Å². The van der Waals surface area contributed by atoms with Gasteiger partial charge in [-0.1, -0.05) is 61.9 Å². The highest BCUT2D eigenvalue weighted by molar-refractivity contribution is 6.17. The van der Waals surface area contributed by atoms with E-state index in [2.05, 4.69) is 23.0 Å². The maximum absolute atomic E-state index is 12.7. The minimum absolute atomic E-state index is 0.365. The Morgan fingerprint density at radius 1 is 1.04 bits per heavy atom. The molecule has 0 aliphatic rings. The van der Waals surface area contributed by atoms with Gasteiger partial charge in [0.25, 0.3) is 0 Å². The van der Waals surface area contributed by atoms with Crippen molar-refractivity contribution in [1.82, 2.24) is 9.97 Å². The molecule has 1 N–H and O–H groups in total. The molecule has 2 heterocycles. The molecule has 0 unspecified atom stereocenters. The second-order valence-electron chi connectivity index (χ2n) is 6.30. The smallest absolute Gasteiger partial charge is 0.357 e. The van der Waals surface area contributed by atoms with Crippen LogP contribution in [0.5, 0.6) is 0 Å². The van der Waals surface area contributed by atoms with Gasteiger partial charge in [0, 0.05) is 21.9 Å². The lowest BCUT2D eigenvalue weighted by Crippen LogP contribution is -2.10. The molecule has 2 aromatic heterocycles. The number of nitrogens with one attached hydrogen (secondary N) is 1. The van der Waals surface area contributed by atoms with Crippen molar-refractivity contribution < 1.29 is 9.53 Å². The van der Waals surface area contributed by atoms with E-state index in [1.807, 2.05) is 48.5 Å². The third kappa shape index (κ3) is 2.84. The largest absolute Gasteiger partial charge is 0.461 e. The Kier molecular flexibility index (Phi) is 4.40. The first kappa shape index (κ1) is 16.3. The van der Waals surface area contributed by atoms with Crippen LogP contribution in [0.1, 0.15) is 30.3 Å². The van der Waals surface area contributed by atoms with E-state index in [-0.39, 0.29) is 5.97 Å².